The minimum absolute atomic E-state index is 0.0880. The number of aliphatic hydroxyl groups is 5. The van der Waals surface area contributed by atoms with Crippen LogP contribution in [0.2, 0.25) is 10.0 Å². The zero-order chi connectivity index (χ0) is 68.5. The molecule has 0 unspecified atom stereocenters. The predicted octanol–water partition coefficient (Wildman–Crippen LogP) is 0.0125. The van der Waals surface area contributed by atoms with Crippen molar-refractivity contribution in [1.29, 1.82) is 0 Å². The first-order valence-corrected chi connectivity index (χ1v) is 29.7. The predicted molar refractivity (Wildman–Crippen MR) is 324 cm³/mol. The number of carbonyl (C=O) groups is 9. The van der Waals surface area contributed by atoms with Gasteiger partial charge in [-0.2, -0.15) is 0 Å². The van der Waals surface area contributed by atoms with Gasteiger partial charge in [0.05, 0.1) is 35.2 Å². The van der Waals surface area contributed by atoms with E-state index in [1.807, 2.05) is 13.8 Å². The molecule has 1 saturated heterocycles. The Morgan fingerprint density at radius 3 is 1.84 bits per heavy atom. The fourth-order valence-electron chi connectivity index (χ4n) is 11.2. The van der Waals surface area contributed by atoms with Gasteiger partial charge in [0, 0.05) is 29.7 Å². The number of rotatable bonds is 12. The third-order valence-electron chi connectivity index (χ3n) is 15.8. The van der Waals surface area contributed by atoms with Crippen molar-refractivity contribution in [2.75, 3.05) is 13.7 Å². The van der Waals surface area contributed by atoms with Crippen LogP contribution in [-0.2, 0) is 47.9 Å². The quantitative estimate of drug-likeness (QED) is 0.0782. The number of amides is 8. The smallest absolute Gasteiger partial charge is 0.330 e. The molecule has 6 aliphatic heterocycles. The lowest BCUT2D eigenvalue weighted by atomic mass is 9.89. The Bertz CT molecular complexity index is 3860. The molecular formula is C61H65Cl2N9O22. The van der Waals surface area contributed by atoms with Gasteiger partial charge in [-0.3, -0.25) is 38.4 Å². The van der Waals surface area contributed by atoms with Crippen LogP contribution in [0.3, 0.4) is 0 Å². The lowest BCUT2D eigenvalue weighted by Gasteiger charge is -2.42. The molecule has 0 radical (unpaired) electrons. The summed E-state index contributed by atoms with van der Waals surface area (Å²) in [6, 6.07) is -2.27. The van der Waals surface area contributed by atoms with Gasteiger partial charge >= 0.3 is 5.97 Å². The summed E-state index contributed by atoms with van der Waals surface area (Å²) in [5, 5.41) is 121. The molecule has 5 aromatic rings. The number of phenolic OH excluding ortho intramolecular Hbond substituents is 3. The van der Waals surface area contributed by atoms with Crippen molar-refractivity contribution in [2.45, 2.75) is 119 Å². The third-order valence-corrected chi connectivity index (χ3v) is 16.4. The number of primary amides is 1. The highest BCUT2D eigenvalue weighted by Crippen LogP contribution is 2.49. The number of likely N-dealkylation sites (N-methyl/N-ethyl adjacent to an activating group) is 1. The number of ether oxygens (including phenoxy) is 4. The number of hydrogen-bond donors (Lipinski definition) is 18. The molecule has 6 heterocycles. The van der Waals surface area contributed by atoms with E-state index in [-0.39, 0.29) is 45.6 Å². The van der Waals surface area contributed by atoms with Crippen LogP contribution < -0.4 is 62.5 Å². The number of aromatic hydroxyl groups is 3. The van der Waals surface area contributed by atoms with Crippen molar-refractivity contribution < 1.29 is 108 Å². The highest BCUT2D eigenvalue weighted by Gasteiger charge is 2.48. The molecule has 5 aromatic carbocycles. The minimum atomic E-state index is -2.32. The van der Waals surface area contributed by atoms with Gasteiger partial charge in [-0.05, 0) is 96.2 Å². The fourth-order valence-corrected chi connectivity index (χ4v) is 11.6. The number of aliphatic carboxylic acids is 1. The maximum absolute atomic E-state index is 15.8. The van der Waals surface area contributed by atoms with Crippen LogP contribution in [0.5, 0.6) is 46.0 Å². The van der Waals surface area contributed by atoms with E-state index in [0.29, 0.717) is 0 Å². The number of nitrogens with one attached hydrogen (secondary N) is 8. The number of halogens is 2. The van der Waals surface area contributed by atoms with Gasteiger partial charge < -0.3 is 113 Å². The lowest BCUT2D eigenvalue weighted by Crippen LogP contribution is -2.65. The summed E-state index contributed by atoms with van der Waals surface area (Å²) >= 11 is 13.9. The maximum atomic E-state index is 15.8. The second kappa shape index (κ2) is 28.3. The molecule has 94 heavy (non-hydrogen) atoms. The Morgan fingerprint density at radius 1 is 0.670 bits per heavy atom. The normalized spacial score (nSPS) is 25.7. The highest BCUT2D eigenvalue weighted by molar-refractivity contribution is 6.32. The summed E-state index contributed by atoms with van der Waals surface area (Å²) < 4.78 is 25.2. The number of phenols is 3. The van der Waals surface area contributed by atoms with Gasteiger partial charge in [-0.15, -0.1) is 0 Å². The van der Waals surface area contributed by atoms with Crippen molar-refractivity contribution in [3.8, 4) is 57.1 Å². The summed E-state index contributed by atoms with van der Waals surface area (Å²) in [4.78, 5) is 128. The molecule has 19 N–H and O–H groups in total. The van der Waals surface area contributed by atoms with Crippen LogP contribution in [0.4, 0.5) is 0 Å². The zero-order valence-corrected chi connectivity index (χ0v) is 51.5. The second-order valence-electron chi connectivity index (χ2n) is 22.9. The van der Waals surface area contributed by atoms with Crippen molar-refractivity contribution in [3.05, 3.63) is 117 Å². The van der Waals surface area contributed by atoms with E-state index in [2.05, 4.69) is 42.5 Å². The van der Waals surface area contributed by atoms with Crippen LogP contribution in [0.15, 0.2) is 78.9 Å². The molecule has 33 heteroatoms. The molecule has 1 fully saturated rings. The first-order valence-electron chi connectivity index (χ1n) is 28.9. The van der Waals surface area contributed by atoms with Crippen molar-refractivity contribution in [1.82, 2.24) is 42.5 Å². The standard InChI is InChI=1S/C61H65Cl2N9O22/c1-21(2)11-32(65-4)54(83)71-47-49(79)24-6-9-36(30(62)13-24)91-38-15-26-16-39(53(38)94-61-52(82)46(66-22(3)74)51(81)40(20-73)93-61)92-37-10-7-25(14-31(37)63)50(80)48-59(88)70-45(60(89)90)29-17-27(75)18-35(77)42(29)28-12-23(5-8-34(28)76)43(56(85)72-48)69-57(86)44(26)68-55(84)33(19-41(64)78)67-58(47)87/h5-10,12-18,21,32-33,40,43-52,61,65,73,75-77,79-82H,11,19-20H2,1-4H3,(H2,64,78)(H,66,74)(H,67,87)(H,68,84)(H,69,86)(H,70,88)(H,71,83)(H,72,85)(H,89,90)/t32-,33+,40-,43-,44-,45+,46+,47-,48+,49-,50-,51-,52-,61+/m1/s1. The van der Waals surface area contributed by atoms with Crippen molar-refractivity contribution in [3.63, 3.8) is 0 Å². The molecule has 0 spiro atoms. The second-order valence-corrected chi connectivity index (χ2v) is 23.7. The average molecular weight is 1350 g/mol. The summed E-state index contributed by atoms with van der Waals surface area (Å²) in [7, 11) is 1.47. The summed E-state index contributed by atoms with van der Waals surface area (Å²) in [5.74, 6) is -16.7. The zero-order valence-electron chi connectivity index (χ0n) is 50.0. The largest absolute Gasteiger partial charge is 0.508 e. The fraction of sp³-hybridized carbons (Fsp3) is 0.361. The summed E-state index contributed by atoms with van der Waals surface area (Å²) in [6.07, 6.45) is -12.6. The Morgan fingerprint density at radius 2 is 1.27 bits per heavy atom. The van der Waals surface area contributed by atoms with Crippen molar-refractivity contribution >= 4 is 76.4 Å². The van der Waals surface area contributed by atoms with Gasteiger partial charge in [-0.25, -0.2) is 4.79 Å². The molecule has 14 atom stereocenters. The Hall–Kier alpha value is -9.57. The number of carboxylic acids is 1. The Labute approximate surface area is 542 Å². The summed E-state index contributed by atoms with van der Waals surface area (Å²) in [6.45, 7) is 3.76. The van der Waals surface area contributed by atoms with Gasteiger partial charge in [0.2, 0.25) is 59.3 Å². The highest BCUT2D eigenvalue weighted by atomic mass is 35.5. The van der Waals surface area contributed by atoms with E-state index >= 15 is 14.4 Å². The number of aliphatic hydroxyl groups excluding tert-OH is 5. The van der Waals surface area contributed by atoms with Crippen LogP contribution >= 0.6 is 23.2 Å². The van der Waals surface area contributed by atoms with Crippen molar-refractivity contribution in [2.24, 2.45) is 11.7 Å². The Balaban J connectivity index is 1.33. The SMILES string of the molecule is CN[C@H](CC(C)C)C(=O)N[C@H]1C(=O)N[C@@H](CC(N)=O)C(=O)N[C@H]2C(=O)N[C@H]3C(=O)N[C@H](C(=O)N[C@H](C(=O)O)c4cc(O)cc(O)c4-c4cc3ccc4O)[C@H](O)c3ccc(c(Cl)c3)Oc3cc2cc(c3O[C@@H]2O[C@H](CO)[C@@H](O)[C@H](NC(C)=O)[C@H]2O)Oc2ccc(cc2Cl)[C@H]1O. The van der Waals surface area contributed by atoms with Crippen LogP contribution in [-0.4, -0.2) is 168 Å². The van der Waals surface area contributed by atoms with E-state index < -0.39 is 213 Å². The van der Waals surface area contributed by atoms with E-state index in [9.17, 15) is 74.7 Å². The number of hydrogen-bond acceptors (Lipinski definition) is 22. The molecule has 8 amide bonds. The first-order chi connectivity index (χ1) is 44.5. The molecule has 500 valence electrons. The molecular weight excluding hydrogens is 1280 g/mol. The molecule has 11 rings (SSSR count). The van der Waals surface area contributed by atoms with Crippen LogP contribution in [0.1, 0.15) is 91.8 Å². The third kappa shape index (κ3) is 14.6. The molecule has 6 aliphatic rings. The topological polar surface area (TPSA) is 495 Å². The van der Waals surface area contributed by atoms with Gasteiger partial charge in [0.1, 0.15) is 89.5 Å². The molecule has 31 nitrogen and oxygen atoms in total. The van der Waals surface area contributed by atoms with E-state index in [1.54, 1.807) is 0 Å². The van der Waals surface area contributed by atoms with E-state index in [0.717, 1.165) is 73.7 Å². The monoisotopic (exact) mass is 1350 g/mol. The number of carboxylic acid groups (broad SMARTS) is 1. The van der Waals surface area contributed by atoms with Crippen LogP contribution in [0.25, 0.3) is 11.1 Å². The first kappa shape index (κ1) is 68.8. The summed E-state index contributed by atoms with van der Waals surface area (Å²) in [5.41, 5.74) is 2.89. The van der Waals surface area contributed by atoms with Gasteiger partial charge in [0.15, 0.2) is 17.5 Å². The lowest BCUT2D eigenvalue weighted by molar-refractivity contribution is -0.251. The van der Waals surface area contributed by atoms with Gasteiger partial charge in [0.25, 0.3) is 0 Å². The molecule has 0 aromatic heterocycles. The average Bonchev–Trinajstić information content (AvgIpc) is 0.773. The minimum Gasteiger partial charge on any atom is -0.508 e. The number of carbonyl (C=O) groups excluding carboxylic acids is 8. The molecule has 0 saturated carbocycles. The number of benzene rings is 5. The van der Waals surface area contributed by atoms with Gasteiger partial charge in [-0.1, -0.05) is 55.2 Å². The molecule has 11 bridgehead atoms. The maximum Gasteiger partial charge on any atom is 0.330 e. The number of nitrogens with two attached hydrogens (primary N) is 1. The van der Waals surface area contributed by atoms with E-state index in [1.165, 1.54) is 19.2 Å². The number of fused-ring (bicyclic) bond motifs is 15. The van der Waals surface area contributed by atoms with E-state index in [4.69, 9.17) is 47.9 Å². The Kier molecular flexibility index (Phi) is 20.7. The molecule has 0 aliphatic carbocycles. The van der Waals surface area contributed by atoms with Crippen LogP contribution in [0, 0.1) is 5.92 Å².